The van der Waals surface area contributed by atoms with Gasteiger partial charge in [0.25, 0.3) is 0 Å². The van der Waals surface area contributed by atoms with Gasteiger partial charge in [0.05, 0.1) is 5.69 Å². The fourth-order valence-corrected chi connectivity index (χ4v) is 4.05. The minimum atomic E-state index is -0.454. The smallest absolute Gasteiger partial charge is 0.312 e. The topological polar surface area (TPSA) is 96.2 Å². The van der Waals surface area contributed by atoms with E-state index in [9.17, 15) is 4.79 Å². The zero-order valence-electron chi connectivity index (χ0n) is 15.3. The summed E-state index contributed by atoms with van der Waals surface area (Å²) >= 11 is 0. The summed E-state index contributed by atoms with van der Waals surface area (Å²) in [6.07, 6.45) is 9.06. The maximum Gasteiger partial charge on any atom is 0.312 e. The second kappa shape index (κ2) is 7.89. The Morgan fingerprint density at radius 3 is 2.68 bits per heavy atom. The number of fused-ring (bicyclic) bond motifs is 1. The Morgan fingerprint density at radius 2 is 1.92 bits per heavy atom. The monoisotopic (exact) mass is 346 g/mol. The molecule has 2 unspecified atom stereocenters. The van der Waals surface area contributed by atoms with Crippen LogP contribution in [0.15, 0.2) is 0 Å². The van der Waals surface area contributed by atoms with Gasteiger partial charge in [0, 0.05) is 32.2 Å². The van der Waals surface area contributed by atoms with Gasteiger partial charge in [-0.25, -0.2) is 9.78 Å². The Kier molecular flexibility index (Phi) is 5.60. The molecule has 0 aromatic carbocycles. The predicted molar refractivity (Wildman–Crippen MR) is 100.0 cm³/mol. The lowest BCUT2D eigenvalue weighted by Crippen LogP contribution is -2.42. The highest BCUT2D eigenvalue weighted by atomic mass is 16.2. The van der Waals surface area contributed by atoms with Crippen LogP contribution in [0.5, 0.6) is 0 Å². The number of aromatic nitrogens is 2. The quantitative estimate of drug-likeness (QED) is 0.758. The zero-order chi connectivity index (χ0) is 17.8. The van der Waals surface area contributed by atoms with Crippen molar-refractivity contribution in [3.8, 4) is 0 Å². The molecule has 1 aromatic heterocycles. The van der Waals surface area contributed by atoms with E-state index in [0.29, 0.717) is 12.5 Å². The van der Waals surface area contributed by atoms with Crippen LogP contribution in [0.2, 0.25) is 0 Å². The predicted octanol–water partition coefficient (Wildman–Crippen LogP) is 2.06. The second-order valence-corrected chi connectivity index (χ2v) is 7.44. The molecule has 1 saturated carbocycles. The van der Waals surface area contributed by atoms with Crippen LogP contribution >= 0.6 is 0 Å². The van der Waals surface area contributed by atoms with Gasteiger partial charge in [-0.05, 0) is 44.4 Å². The average molecular weight is 346 g/mol. The summed E-state index contributed by atoms with van der Waals surface area (Å²) in [6, 6.07) is -0.179. The van der Waals surface area contributed by atoms with E-state index in [-0.39, 0.29) is 6.04 Å². The van der Waals surface area contributed by atoms with Gasteiger partial charge in [-0.2, -0.15) is 4.98 Å². The highest BCUT2D eigenvalue weighted by Crippen LogP contribution is 2.30. The molecular weight excluding hydrogens is 316 g/mol. The molecule has 0 radical (unpaired) electrons. The van der Waals surface area contributed by atoms with Gasteiger partial charge in [0.15, 0.2) is 0 Å². The molecule has 4 N–H and O–H groups in total. The fraction of sp³-hybridized carbons (Fsp3) is 0.722. The number of anilines is 2. The number of carbonyl (C=O) groups is 1. The standard InChI is InChI=1S/C18H30N6O/c1-24(2)16-13-8-4-6-10-15(13)22-18(23-16)21-14-9-5-3-7-12(14)11-20-17(19)25/h12,14H,3-11H2,1-2H3,(H3,19,20,25)(H,21,22,23). The summed E-state index contributed by atoms with van der Waals surface area (Å²) < 4.78 is 0. The van der Waals surface area contributed by atoms with Crippen LogP contribution in [-0.2, 0) is 12.8 Å². The maximum atomic E-state index is 11.0. The number of nitrogens with zero attached hydrogens (tertiary/aromatic N) is 3. The Balaban J connectivity index is 1.78. The van der Waals surface area contributed by atoms with Gasteiger partial charge in [0.2, 0.25) is 5.95 Å². The van der Waals surface area contributed by atoms with Crippen LogP contribution < -0.4 is 21.3 Å². The normalized spacial score (nSPS) is 22.8. The number of hydrogen-bond donors (Lipinski definition) is 3. The molecule has 1 fully saturated rings. The summed E-state index contributed by atoms with van der Waals surface area (Å²) in [5.74, 6) is 2.12. The molecule has 2 aliphatic rings. The van der Waals surface area contributed by atoms with Gasteiger partial charge >= 0.3 is 6.03 Å². The summed E-state index contributed by atoms with van der Waals surface area (Å²) in [5.41, 5.74) is 7.73. The molecule has 0 aliphatic heterocycles. The van der Waals surface area contributed by atoms with Gasteiger partial charge in [0.1, 0.15) is 5.82 Å². The van der Waals surface area contributed by atoms with Gasteiger partial charge in [-0.3, -0.25) is 0 Å². The number of nitrogens with one attached hydrogen (secondary N) is 2. The van der Waals surface area contributed by atoms with E-state index in [4.69, 9.17) is 15.7 Å². The lowest BCUT2D eigenvalue weighted by Gasteiger charge is -2.33. The van der Waals surface area contributed by atoms with Gasteiger partial charge in [-0.1, -0.05) is 12.8 Å². The highest BCUT2D eigenvalue weighted by Gasteiger charge is 2.27. The number of aryl methyl sites for hydroxylation is 1. The molecule has 1 heterocycles. The first-order valence-electron chi connectivity index (χ1n) is 9.41. The van der Waals surface area contributed by atoms with Crippen molar-refractivity contribution in [2.45, 2.75) is 57.4 Å². The van der Waals surface area contributed by atoms with E-state index in [1.165, 1.54) is 36.9 Å². The van der Waals surface area contributed by atoms with Crippen LogP contribution in [0.3, 0.4) is 0 Å². The van der Waals surface area contributed by atoms with Crippen LogP contribution in [-0.4, -0.2) is 42.7 Å². The summed E-state index contributed by atoms with van der Waals surface area (Å²) in [5, 5.41) is 6.32. The molecule has 138 valence electrons. The van der Waals surface area contributed by atoms with Crippen LogP contribution in [0, 0.1) is 5.92 Å². The van der Waals surface area contributed by atoms with Crippen molar-refractivity contribution in [1.29, 1.82) is 0 Å². The third-order valence-electron chi connectivity index (χ3n) is 5.35. The van der Waals surface area contributed by atoms with E-state index in [2.05, 4.69) is 15.5 Å². The molecule has 0 bridgehead atoms. The third kappa shape index (κ3) is 4.32. The van der Waals surface area contributed by atoms with Crippen molar-refractivity contribution >= 4 is 17.8 Å². The van der Waals surface area contributed by atoms with Crippen LogP contribution in [0.1, 0.15) is 49.8 Å². The molecule has 0 saturated heterocycles. The Bertz CT molecular complexity index is 618. The third-order valence-corrected chi connectivity index (χ3v) is 5.35. The van der Waals surface area contributed by atoms with E-state index >= 15 is 0 Å². The largest absolute Gasteiger partial charge is 0.362 e. The number of urea groups is 1. The van der Waals surface area contributed by atoms with Crippen molar-refractivity contribution < 1.29 is 4.79 Å². The van der Waals surface area contributed by atoms with Crippen molar-refractivity contribution in [1.82, 2.24) is 15.3 Å². The van der Waals surface area contributed by atoms with Crippen molar-refractivity contribution in [3.05, 3.63) is 11.3 Å². The number of amides is 2. The number of rotatable bonds is 5. The van der Waals surface area contributed by atoms with Gasteiger partial charge < -0.3 is 21.3 Å². The second-order valence-electron chi connectivity index (χ2n) is 7.44. The highest BCUT2D eigenvalue weighted by molar-refractivity contribution is 5.71. The lowest BCUT2D eigenvalue weighted by atomic mass is 9.84. The average Bonchev–Trinajstić information content (AvgIpc) is 2.60. The van der Waals surface area contributed by atoms with E-state index in [0.717, 1.165) is 37.4 Å². The first kappa shape index (κ1) is 17.8. The molecule has 2 aliphatic carbocycles. The Labute approximate surface area is 149 Å². The lowest BCUT2D eigenvalue weighted by molar-refractivity contribution is 0.242. The first-order valence-corrected chi connectivity index (χ1v) is 9.41. The summed E-state index contributed by atoms with van der Waals surface area (Å²) in [7, 11) is 4.09. The number of carbonyl (C=O) groups excluding carboxylic acids is 1. The molecular formula is C18H30N6O. The minimum absolute atomic E-state index is 0.275. The minimum Gasteiger partial charge on any atom is -0.362 e. The van der Waals surface area contributed by atoms with E-state index < -0.39 is 6.03 Å². The van der Waals surface area contributed by atoms with Gasteiger partial charge in [-0.15, -0.1) is 0 Å². The molecule has 2 atom stereocenters. The molecule has 7 nitrogen and oxygen atoms in total. The van der Waals surface area contributed by atoms with Crippen LogP contribution in [0.25, 0.3) is 0 Å². The first-order chi connectivity index (χ1) is 12.0. The van der Waals surface area contributed by atoms with Crippen molar-refractivity contribution in [2.24, 2.45) is 11.7 Å². The van der Waals surface area contributed by atoms with E-state index in [1.54, 1.807) is 0 Å². The molecule has 2 amide bonds. The number of hydrogen-bond acceptors (Lipinski definition) is 5. The van der Waals surface area contributed by atoms with Crippen molar-refractivity contribution in [2.75, 3.05) is 30.9 Å². The Hall–Kier alpha value is -2.05. The molecule has 7 heteroatoms. The zero-order valence-corrected chi connectivity index (χ0v) is 15.3. The fourth-order valence-electron chi connectivity index (χ4n) is 4.05. The summed E-state index contributed by atoms with van der Waals surface area (Å²) in [4.78, 5) is 22.8. The number of nitrogens with two attached hydrogens (primary N) is 1. The maximum absolute atomic E-state index is 11.0. The summed E-state index contributed by atoms with van der Waals surface area (Å²) in [6.45, 7) is 0.610. The number of primary amides is 1. The van der Waals surface area contributed by atoms with Crippen LogP contribution in [0.4, 0.5) is 16.6 Å². The molecule has 0 spiro atoms. The van der Waals surface area contributed by atoms with Crippen molar-refractivity contribution in [3.63, 3.8) is 0 Å². The molecule has 1 aromatic rings. The molecule has 3 rings (SSSR count). The SMILES string of the molecule is CN(C)c1nc(NC2CCCCC2CNC(N)=O)nc2c1CCCC2. The molecule has 25 heavy (non-hydrogen) atoms. The van der Waals surface area contributed by atoms with E-state index in [1.807, 2.05) is 14.1 Å². The Morgan fingerprint density at radius 1 is 1.16 bits per heavy atom.